The minimum Gasteiger partial charge on any atom is -0.310 e. The first kappa shape index (κ1) is 15.9. The van der Waals surface area contributed by atoms with Crippen molar-refractivity contribution in [2.24, 2.45) is 0 Å². The Balaban J connectivity index is 2.17. The van der Waals surface area contributed by atoms with Gasteiger partial charge in [-0.3, -0.25) is 4.72 Å². The Morgan fingerprint density at radius 1 is 1.33 bits per heavy atom. The zero-order valence-electron chi connectivity index (χ0n) is 12.3. The molecule has 2 N–H and O–H groups in total. The lowest BCUT2D eigenvalue weighted by molar-refractivity contribution is 0.587. The monoisotopic (exact) mass is 325 g/mol. The van der Waals surface area contributed by atoms with Gasteiger partial charge in [0.15, 0.2) is 5.13 Å². The van der Waals surface area contributed by atoms with Gasteiger partial charge in [-0.2, -0.15) is 0 Å². The molecule has 2 aromatic rings. The van der Waals surface area contributed by atoms with Gasteiger partial charge in [-0.15, -0.1) is 11.3 Å². The zero-order valence-corrected chi connectivity index (χ0v) is 13.9. The highest BCUT2D eigenvalue weighted by molar-refractivity contribution is 7.93. The molecule has 0 aliphatic rings. The van der Waals surface area contributed by atoms with Crippen molar-refractivity contribution in [2.75, 3.05) is 4.72 Å². The van der Waals surface area contributed by atoms with E-state index in [0.717, 1.165) is 11.3 Å². The third kappa shape index (κ3) is 4.52. The molecule has 0 aliphatic heterocycles. The van der Waals surface area contributed by atoms with Crippen LogP contribution in [0.25, 0.3) is 0 Å². The number of rotatable bonds is 6. The molecule has 1 heterocycles. The van der Waals surface area contributed by atoms with E-state index in [1.807, 2.05) is 26.8 Å². The maximum Gasteiger partial charge on any atom is 0.263 e. The van der Waals surface area contributed by atoms with Crippen LogP contribution in [-0.2, 0) is 16.6 Å². The minimum absolute atomic E-state index is 0.249. The van der Waals surface area contributed by atoms with E-state index >= 15 is 0 Å². The van der Waals surface area contributed by atoms with Crippen molar-refractivity contribution in [1.82, 2.24) is 10.3 Å². The summed E-state index contributed by atoms with van der Waals surface area (Å²) in [5.74, 6) is 0. The maximum absolute atomic E-state index is 12.3. The van der Waals surface area contributed by atoms with Gasteiger partial charge in [0.2, 0.25) is 0 Å². The second-order valence-corrected chi connectivity index (χ2v) is 7.62. The highest BCUT2D eigenvalue weighted by Crippen LogP contribution is 2.20. The van der Waals surface area contributed by atoms with Crippen LogP contribution in [0.3, 0.4) is 0 Å². The molecule has 2 rings (SSSR count). The first-order valence-corrected chi connectivity index (χ1v) is 9.00. The number of anilines is 1. The van der Waals surface area contributed by atoms with E-state index in [2.05, 4.69) is 15.0 Å². The summed E-state index contributed by atoms with van der Waals surface area (Å²) in [5.41, 5.74) is 1.73. The van der Waals surface area contributed by atoms with Crippen molar-refractivity contribution in [2.45, 2.75) is 38.3 Å². The van der Waals surface area contributed by atoms with Crippen LogP contribution in [-0.4, -0.2) is 19.4 Å². The lowest BCUT2D eigenvalue weighted by Gasteiger charge is -2.10. The number of nitrogens with one attached hydrogen (secondary N) is 2. The predicted octanol–water partition coefficient (Wildman–Crippen LogP) is 2.75. The van der Waals surface area contributed by atoms with E-state index in [9.17, 15) is 8.42 Å². The Hall–Kier alpha value is -1.44. The average Bonchev–Trinajstić information content (AvgIpc) is 2.81. The number of aryl methyl sites for hydroxylation is 1. The molecule has 0 saturated heterocycles. The second kappa shape index (κ2) is 6.55. The molecule has 5 nitrogen and oxygen atoms in total. The third-order valence-corrected chi connectivity index (χ3v) is 5.11. The van der Waals surface area contributed by atoms with Gasteiger partial charge in [0.1, 0.15) is 0 Å². The molecule has 0 aliphatic carbocycles. The van der Waals surface area contributed by atoms with Gasteiger partial charge in [-0.25, -0.2) is 13.4 Å². The van der Waals surface area contributed by atoms with Crippen LogP contribution < -0.4 is 10.0 Å². The lowest BCUT2D eigenvalue weighted by Crippen LogP contribution is -2.22. The zero-order chi connectivity index (χ0) is 15.5. The van der Waals surface area contributed by atoms with Gasteiger partial charge in [-0.1, -0.05) is 26.0 Å². The largest absolute Gasteiger partial charge is 0.310 e. The molecular weight excluding hydrogens is 306 g/mol. The molecule has 0 atom stereocenters. The summed E-state index contributed by atoms with van der Waals surface area (Å²) in [5, 5.41) is 5.46. The molecule has 0 fully saturated rings. The number of sulfonamides is 1. The van der Waals surface area contributed by atoms with E-state index in [1.165, 1.54) is 11.3 Å². The van der Waals surface area contributed by atoms with Gasteiger partial charge >= 0.3 is 0 Å². The van der Waals surface area contributed by atoms with Crippen molar-refractivity contribution in [3.05, 3.63) is 40.9 Å². The molecule has 0 unspecified atom stereocenters. The lowest BCUT2D eigenvalue weighted by atomic mass is 10.2. The van der Waals surface area contributed by atoms with Crippen LogP contribution in [0.1, 0.15) is 25.1 Å². The maximum atomic E-state index is 12.3. The normalized spacial score (nSPS) is 11.8. The summed E-state index contributed by atoms with van der Waals surface area (Å²) in [4.78, 5) is 4.37. The summed E-state index contributed by atoms with van der Waals surface area (Å²) in [6.45, 7) is 6.56. The summed E-state index contributed by atoms with van der Waals surface area (Å²) in [7, 11) is -3.59. The standard InChI is InChI=1S/C14H19N3O2S2/c1-10(2)15-8-12-5-4-6-13(7-12)21(18,19)17-14-16-11(3)9-20-14/h4-7,9-10,15H,8H2,1-3H3,(H,16,17). The predicted molar refractivity (Wildman–Crippen MR) is 86.1 cm³/mol. The Labute approximate surface area is 129 Å². The van der Waals surface area contributed by atoms with Crippen LogP contribution in [0.5, 0.6) is 0 Å². The quantitative estimate of drug-likeness (QED) is 0.857. The average molecular weight is 325 g/mol. The fourth-order valence-corrected chi connectivity index (χ4v) is 3.73. The van der Waals surface area contributed by atoms with Gasteiger partial charge in [0.25, 0.3) is 10.0 Å². The first-order chi connectivity index (χ1) is 9.87. The number of aromatic nitrogens is 1. The summed E-state index contributed by atoms with van der Waals surface area (Å²) in [6.07, 6.45) is 0. The Morgan fingerprint density at radius 3 is 2.71 bits per heavy atom. The van der Waals surface area contributed by atoms with Gasteiger partial charge in [-0.05, 0) is 24.6 Å². The van der Waals surface area contributed by atoms with Crippen LogP contribution in [0.4, 0.5) is 5.13 Å². The number of benzene rings is 1. The highest BCUT2D eigenvalue weighted by atomic mass is 32.2. The van der Waals surface area contributed by atoms with Crippen molar-refractivity contribution >= 4 is 26.5 Å². The summed E-state index contributed by atoms with van der Waals surface area (Å²) < 4.78 is 27.2. The number of hydrogen-bond acceptors (Lipinski definition) is 5. The molecule has 0 bridgehead atoms. The van der Waals surface area contributed by atoms with Gasteiger partial charge < -0.3 is 5.32 Å². The highest BCUT2D eigenvalue weighted by Gasteiger charge is 2.16. The summed E-state index contributed by atoms with van der Waals surface area (Å²) >= 11 is 1.28. The molecule has 0 amide bonds. The number of nitrogens with zero attached hydrogens (tertiary/aromatic N) is 1. The van der Waals surface area contributed by atoms with E-state index in [4.69, 9.17) is 0 Å². The Bertz CT molecular complexity index is 709. The molecule has 114 valence electrons. The minimum atomic E-state index is -3.59. The van der Waals surface area contributed by atoms with E-state index in [0.29, 0.717) is 17.7 Å². The van der Waals surface area contributed by atoms with Crippen LogP contribution in [0.2, 0.25) is 0 Å². The SMILES string of the molecule is Cc1csc(NS(=O)(=O)c2cccc(CNC(C)C)c2)n1. The molecule has 0 spiro atoms. The van der Waals surface area contributed by atoms with Crippen molar-refractivity contribution in [3.8, 4) is 0 Å². The molecule has 7 heteroatoms. The van der Waals surface area contributed by atoms with Crippen molar-refractivity contribution < 1.29 is 8.42 Å². The number of thiazole rings is 1. The van der Waals surface area contributed by atoms with Crippen molar-refractivity contribution in [3.63, 3.8) is 0 Å². The molecule has 0 saturated carbocycles. The molecular formula is C14H19N3O2S2. The van der Waals surface area contributed by atoms with Crippen molar-refractivity contribution in [1.29, 1.82) is 0 Å². The smallest absolute Gasteiger partial charge is 0.263 e. The second-order valence-electron chi connectivity index (χ2n) is 5.08. The summed E-state index contributed by atoms with van der Waals surface area (Å²) in [6, 6.07) is 7.27. The van der Waals surface area contributed by atoms with Gasteiger partial charge in [0, 0.05) is 18.0 Å². The number of hydrogen-bond donors (Lipinski definition) is 2. The van der Waals surface area contributed by atoms with E-state index < -0.39 is 10.0 Å². The van der Waals surface area contributed by atoms with Crippen LogP contribution in [0.15, 0.2) is 34.5 Å². The van der Waals surface area contributed by atoms with E-state index in [-0.39, 0.29) is 4.90 Å². The Kier molecular flexibility index (Phi) is 4.97. The molecule has 1 aromatic heterocycles. The molecule has 0 radical (unpaired) electrons. The third-order valence-electron chi connectivity index (χ3n) is 2.76. The first-order valence-electron chi connectivity index (χ1n) is 6.64. The van der Waals surface area contributed by atoms with Crippen LogP contribution in [0, 0.1) is 6.92 Å². The topological polar surface area (TPSA) is 71.1 Å². The molecule has 21 heavy (non-hydrogen) atoms. The van der Waals surface area contributed by atoms with Gasteiger partial charge in [0.05, 0.1) is 10.6 Å². The molecule has 1 aromatic carbocycles. The van der Waals surface area contributed by atoms with E-state index in [1.54, 1.807) is 23.6 Å². The fourth-order valence-electron chi connectivity index (χ4n) is 1.72. The van der Waals surface area contributed by atoms with Crippen LogP contribution >= 0.6 is 11.3 Å². The Morgan fingerprint density at radius 2 is 2.10 bits per heavy atom. The fraction of sp³-hybridized carbons (Fsp3) is 0.357.